The van der Waals surface area contributed by atoms with Gasteiger partial charge >= 0.3 is 5.97 Å². The third kappa shape index (κ3) is 2.33. The first-order valence-electron chi connectivity index (χ1n) is 3.06. The molecule has 7 heteroatoms. The number of carbonyl (C=O) groups is 2. The number of Topliss-reactive ketones (excluding diaryl/α,β-unsaturated/α-hetero) is 1. The van der Waals surface area contributed by atoms with Crippen LogP contribution in [0.1, 0.15) is 0 Å². The number of alkyl halides is 4. The average molecular weight is 219 g/mol. The summed E-state index contributed by atoms with van der Waals surface area (Å²) in [5, 5.41) is 0. The smallest absolute Gasteiger partial charge is 0.353 e. The highest BCUT2D eigenvalue weighted by Crippen LogP contribution is 2.20. The standard InChI is InChI=1S/C6H6ClF3O3/c1-13-5(12)6(10,2-7)3(11)4(8)9/h4H,2H2,1H3. The molecule has 0 radical (unpaired) electrons. The van der Waals surface area contributed by atoms with Crippen molar-refractivity contribution in [2.24, 2.45) is 0 Å². The number of carbonyl (C=O) groups excluding carboxylic acids is 2. The van der Waals surface area contributed by atoms with E-state index in [1.165, 1.54) is 0 Å². The second-order valence-corrected chi connectivity index (χ2v) is 2.36. The van der Waals surface area contributed by atoms with Crippen LogP contribution in [0.5, 0.6) is 0 Å². The fourth-order valence-electron chi connectivity index (χ4n) is 0.556. The van der Waals surface area contributed by atoms with E-state index in [0.29, 0.717) is 0 Å². The molecule has 0 saturated heterocycles. The summed E-state index contributed by atoms with van der Waals surface area (Å²) in [7, 11) is 0.766. The number of hydrogen-bond donors (Lipinski definition) is 0. The zero-order chi connectivity index (χ0) is 10.6. The minimum atomic E-state index is -3.59. The summed E-state index contributed by atoms with van der Waals surface area (Å²) in [5.74, 6) is -5.09. The first-order chi connectivity index (χ1) is 5.90. The molecule has 1 unspecified atom stereocenters. The summed E-state index contributed by atoms with van der Waals surface area (Å²) in [6.07, 6.45) is -3.59. The molecular weight excluding hydrogens is 213 g/mol. The first kappa shape index (κ1) is 12.2. The zero-order valence-electron chi connectivity index (χ0n) is 6.52. The molecule has 3 nitrogen and oxygen atoms in total. The van der Waals surface area contributed by atoms with E-state index in [0.717, 1.165) is 7.11 Å². The molecule has 0 aromatic carbocycles. The van der Waals surface area contributed by atoms with Crippen molar-refractivity contribution in [3.05, 3.63) is 0 Å². The number of hydrogen-bond acceptors (Lipinski definition) is 3. The molecule has 0 heterocycles. The fourth-order valence-corrected chi connectivity index (χ4v) is 0.797. The lowest BCUT2D eigenvalue weighted by Crippen LogP contribution is -2.48. The third-order valence-electron chi connectivity index (χ3n) is 1.28. The minimum absolute atomic E-state index is 0.766. The minimum Gasteiger partial charge on any atom is -0.466 e. The van der Waals surface area contributed by atoms with Crippen molar-refractivity contribution in [1.82, 2.24) is 0 Å². The van der Waals surface area contributed by atoms with E-state index in [4.69, 9.17) is 11.6 Å². The molecule has 0 aliphatic heterocycles. The SMILES string of the molecule is COC(=O)C(F)(CCl)C(=O)C(F)F. The van der Waals surface area contributed by atoms with Crippen molar-refractivity contribution in [2.75, 3.05) is 13.0 Å². The van der Waals surface area contributed by atoms with E-state index >= 15 is 0 Å². The van der Waals surface area contributed by atoms with E-state index in [2.05, 4.69) is 4.74 Å². The Labute approximate surface area is 76.8 Å². The Hall–Kier alpha value is -0.780. The summed E-state index contributed by atoms with van der Waals surface area (Å²) in [6.45, 7) is 0. The molecule has 76 valence electrons. The maximum absolute atomic E-state index is 13.1. The summed E-state index contributed by atoms with van der Waals surface area (Å²) in [6, 6.07) is 0. The quantitative estimate of drug-likeness (QED) is 0.401. The number of halogens is 4. The molecule has 0 aliphatic carbocycles. The monoisotopic (exact) mass is 218 g/mol. The summed E-state index contributed by atoms with van der Waals surface area (Å²) < 4.78 is 40.5. The van der Waals surface area contributed by atoms with Gasteiger partial charge in [-0.3, -0.25) is 4.79 Å². The Morgan fingerprint density at radius 3 is 2.23 bits per heavy atom. The van der Waals surface area contributed by atoms with Gasteiger partial charge in [-0.2, -0.15) is 0 Å². The third-order valence-corrected chi connectivity index (χ3v) is 1.65. The molecule has 0 aromatic rings. The molecule has 1 atom stereocenters. The fraction of sp³-hybridized carbons (Fsp3) is 0.667. The maximum atomic E-state index is 13.1. The molecule has 13 heavy (non-hydrogen) atoms. The number of ketones is 1. The van der Waals surface area contributed by atoms with Crippen molar-refractivity contribution in [1.29, 1.82) is 0 Å². The van der Waals surface area contributed by atoms with Crippen LogP contribution in [0.4, 0.5) is 13.2 Å². The highest BCUT2D eigenvalue weighted by atomic mass is 35.5. The van der Waals surface area contributed by atoms with Crippen LogP contribution in [-0.4, -0.2) is 36.8 Å². The molecule has 0 bridgehead atoms. The number of methoxy groups -OCH3 is 1. The van der Waals surface area contributed by atoms with Crippen molar-refractivity contribution in [2.45, 2.75) is 12.1 Å². The Kier molecular flexibility index (Phi) is 4.19. The lowest BCUT2D eigenvalue weighted by atomic mass is 10.0. The van der Waals surface area contributed by atoms with Crippen LogP contribution in [0.2, 0.25) is 0 Å². The van der Waals surface area contributed by atoms with E-state index in [1.807, 2.05) is 0 Å². The maximum Gasteiger partial charge on any atom is 0.353 e. The first-order valence-corrected chi connectivity index (χ1v) is 3.59. The van der Waals surface area contributed by atoms with Crippen molar-refractivity contribution >= 4 is 23.4 Å². The summed E-state index contributed by atoms with van der Waals surface area (Å²) >= 11 is 4.89. The molecule has 0 aromatic heterocycles. The van der Waals surface area contributed by atoms with E-state index in [-0.39, 0.29) is 0 Å². The number of esters is 1. The number of rotatable bonds is 4. The van der Waals surface area contributed by atoms with Crippen molar-refractivity contribution in [3.8, 4) is 0 Å². The molecule has 0 amide bonds. The van der Waals surface area contributed by atoms with Crippen LogP contribution in [0.3, 0.4) is 0 Å². The Morgan fingerprint density at radius 2 is 2.00 bits per heavy atom. The Bertz CT molecular complexity index is 221. The highest BCUT2D eigenvalue weighted by molar-refractivity contribution is 6.25. The van der Waals surface area contributed by atoms with Gasteiger partial charge in [0.05, 0.1) is 13.0 Å². The van der Waals surface area contributed by atoms with E-state index < -0.39 is 29.7 Å². The van der Waals surface area contributed by atoms with Gasteiger partial charge in [0.15, 0.2) is 0 Å². The lowest BCUT2D eigenvalue weighted by molar-refractivity contribution is -0.162. The summed E-state index contributed by atoms with van der Waals surface area (Å²) in [4.78, 5) is 21.1. The zero-order valence-corrected chi connectivity index (χ0v) is 7.28. The van der Waals surface area contributed by atoms with Gasteiger partial charge < -0.3 is 4.74 Å². The average Bonchev–Trinajstić information content (AvgIpc) is 2.13. The molecule has 0 aliphatic rings. The molecule has 0 spiro atoms. The van der Waals surface area contributed by atoms with Gasteiger partial charge in [0.25, 0.3) is 12.1 Å². The van der Waals surface area contributed by atoms with Gasteiger partial charge in [-0.05, 0) is 0 Å². The largest absolute Gasteiger partial charge is 0.466 e. The Morgan fingerprint density at radius 1 is 1.54 bits per heavy atom. The normalized spacial score (nSPS) is 15.2. The van der Waals surface area contributed by atoms with Crippen LogP contribution >= 0.6 is 11.6 Å². The second kappa shape index (κ2) is 4.45. The molecule has 0 fully saturated rings. The van der Waals surface area contributed by atoms with Gasteiger partial charge in [-0.1, -0.05) is 0 Å². The predicted octanol–water partition coefficient (Wildman–Crippen LogP) is 0.941. The summed E-state index contributed by atoms with van der Waals surface area (Å²) in [5.41, 5.74) is -3.45. The lowest BCUT2D eigenvalue weighted by Gasteiger charge is -2.17. The predicted molar refractivity (Wildman–Crippen MR) is 37.6 cm³/mol. The van der Waals surface area contributed by atoms with Crippen LogP contribution < -0.4 is 0 Å². The van der Waals surface area contributed by atoms with Gasteiger partial charge in [-0.15, -0.1) is 11.6 Å². The molecular formula is C6H6ClF3O3. The van der Waals surface area contributed by atoms with Gasteiger partial charge in [-0.25, -0.2) is 18.0 Å². The van der Waals surface area contributed by atoms with Crippen LogP contribution in [-0.2, 0) is 14.3 Å². The van der Waals surface area contributed by atoms with Crippen LogP contribution in [0, 0.1) is 0 Å². The van der Waals surface area contributed by atoms with Gasteiger partial charge in [0.2, 0.25) is 5.78 Å². The van der Waals surface area contributed by atoms with Crippen LogP contribution in [0.25, 0.3) is 0 Å². The Balaban J connectivity index is 4.83. The van der Waals surface area contributed by atoms with Crippen LogP contribution in [0.15, 0.2) is 0 Å². The molecule has 0 rings (SSSR count). The second-order valence-electron chi connectivity index (χ2n) is 2.09. The van der Waals surface area contributed by atoms with Gasteiger partial charge in [0, 0.05) is 0 Å². The van der Waals surface area contributed by atoms with Crippen molar-refractivity contribution in [3.63, 3.8) is 0 Å². The highest BCUT2D eigenvalue weighted by Gasteiger charge is 2.50. The van der Waals surface area contributed by atoms with Crippen molar-refractivity contribution < 1.29 is 27.5 Å². The molecule has 0 N–H and O–H groups in total. The topological polar surface area (TPSA) is 43.4 Å². The van der Waals surface area contributed by atoms with E-state index in [9.17, 15) is 22.8 Å². The molecule has 0 saturated carbocycles. The number of ether oxygens (including phenoxy) is 1. The van der Waals surface area contributed by atoms with Gasteiger partial charge in [0.1, 0.15) is 0 Å². The van der Waals surface area contributed by atoms with E-state index in [1.54, 1.807) is 0 Å².